The number of benzene rings is 10. The van der Waals surface area contributed by atoms with Crippen molar-refractivity contribution < 1.29 is 4.42 Å². The maximum absolute atomic E-state index is 6.42. The van der Waals surface area contributed by atoms with E-state index >= 15 is 0 Å². The summed E-state index contributed by atoms with van der Waals surface area (Å²) in [5, 5.41) is 7.20. The molecule has 61 heavy (non-hydrogen) atoms. The van der Waals surface area contributed by atoms with E-state index in [0.29, 0.717) is 0 Å². The molecular weight excluding hydrogens is 741 g/mol. The topological polar surface area (TPSA) is 21.3 Å². The van der Waals surface area contributed by atoms with Crippen molar-refractivity contribution in [3.63, 3.8) is 0 Å². The number of fused-ring (bicyclic) bond motifs is 7. The number of para-hydroxylation sites is 5. The molecule has 12 aromatic rings. The Balaban J connectivity index is 0.901. The first-order valence-electron chi connectivity index (χ1n) is 20.8. The lowest BCUT2D eigenvalue weighted by atomic mass is 9.98. The Morgan fingerprint density at radius 2 is 0.803 bits per heavy atom. The van der Waals surface area contributed by atoms with Gasteiger partial charge in [-0.25, -0.2) is 0 Å². The maximum atomic E-state index is 6.42. The molecule has 2 aromatic heterocycles. The first-order chi connectivity index (χ1) is 30.3. The van der Waals surface area contributed by atoms with E-state index in [-0.39, 0.29) is 0 Å². The van der Waals surface area contributed by atoms with Gasteiger partial charge < -0.3 is 13.9 Å². The van der Waals surface area contributed by atoms with Crippen molar-refractivity contribution in [1.29, 1.82) is 0 Å². The third-order valence-electron chi connectivity index (χ3n) is 12.2. The highest BCUT2D eigenvalue weighted by molar-refractivity contribution is 6.11. The molecule has 0 bridgehead atoms. The Bertz CT molecular complexity index is 3520. The Morgan fingerprint density at radius 3 is 1.52 bits per heavy atom. The second kappa shape index (κ2) is 14.3. The van der Waals surface area contributed by atoms with Gasteiger partial charge in [-0.05, 0) is 82.2 Å². The molecule has 0 aliphatic carbocycles. The lowest BCUT2D eigenvalue weighted by Crippen LogP contribution is -2.10. The first kappa shape index (κ1) is 34.9. The molecule has 0 saturated heterocycles. The van der Waals surface area contributed by atoms with Crippen LogP contribution >= 0.6 is 0 Å². The van der Waals surface area contributed by atoms with Crippen molar-refractivity contribution in [1.82, 2.24) is 4.57 Å². The van der Waals surface area contributed by atoms with E-state index in [1.165, 1.54) is 55.0 Å². The van der Waals surface area contributed by atoms with Crippen molar-refractivity contribution in [2.24, 2.45) is 0 Å². The number of rotatable bonds is 7. The summed E-state index contributed by atoms with van der Waals surface area (Å²) >= 11 is 0. The zero-order chi connectivity index (χ0) is 40.3. The molecular formula is C58H38N2O. The van der Waals surface area contributed by atoms with Crippen molar-refractivity contribution in [2.45, 2.75) is 0 Å². The van der Waals surface area contributed by atoms with Gasteiger partial charge in [-0.1, -0.05) is 176 Å². The standard InChI is InChI=1S/C58H38N2O/c1-2-15-46-41(13-1)14-11-25-53(46)59(45-37-33-43(34-38-45)48-20-12-21-52-51-19-6-10-26-57(51)61-58(48)52)44-35-31-40(32-36-44)39-27-29-42(30-28-39)47-16-3-7-22-54(47)60-55-23-8-4-17-49(55)50-18-5-9-24-56(50)60/h1-38H. The summed E-state index contributed by atoms with van der Waals surface area (Å²) in [6.07, 6.45) is 0. The SMILES string of the molecule is c1ccc(-n2c3ccccc3c3ccccc32)c(-c2ccc(-c3ccc(N(c4ccc(-c5cccc6c5oc5ccccc56)cc4)c4cccc5ccccc45)cc3)cc2)c1. The van der Waals surface area contributed by atoms with E-state index in [1.54, 1.807) is 0 Å². The van der Waals surface area contributed by atoms with Gasteiger partial charge in [0.15, 0.2) is 0 Å². The average molecular weight is 779 g/mol. The van der Waals surface area contributed by atoms with Crippen LogP contribution in [0.25, 0.3) is 93.6 Å². The van der Waals surface area contributed by atoms with Crippen LogP contribution in [-0.4, -0.2) is 4.57 Å². The number of furan rings is 1. The second-order valence-electron chi connectivity index (χ2n) is 15.7. The van der Waals surface area contributed by atoms with Gasteiger partial charge in [0, 0.05) is 49.4 Å². The van der Waals surface area contributed by atoms with Crippen molar-refractivity contribution in [2.75, 3.05) is 4.90 Å². The fourth-order valence-corrected chi connectivity index (χ4v) is 9.34. The first-order valence-corrected chi connectivity index (χ1v) is 20.8. The molecule has 0 aliphatic heterocycles. The third kappa shape index (κ3) is 5.82. The zero-order valence-corrected chi connectivity index (χ0v) is 33.2. The number of aromatic nitrogens is 1. The van der Waals surface area contributed by atoms with Gasteiger partial charge >= 0.3 is 0 Å². The van der Waals surface area contributed by atoms with Gasteiger partial charge in [0.05, 0.1) is 22.4 Å². The molecule has 0 radical (unpaired) electrons. The molecule has 3 nitrogen and oxygen atoms in total. The molecule has 0 amide bonds. The molecule has 0 N–H and O–H groups in total. The minimum Gasteiger partial charge on any atom is -0.455 e. The number of anilines is 3. The summed E-state index contributed by atoms with van der Waals surface area (Å²) in [7, 11) is 0. The molecule has 3 heteroatoms. The second-order valence-corrected chi connectivity index (χ2v) is 15.7. The highest BCUT2D eigenvalue weighted by Gasteiger charge is 2.18. The van der Waals surface area contributed by atoms with Crippen LogP contribution in [0.3, 0.4) is 0 Å². The van der Waals surface area contributed by atoms with Crippen molar-refractivity contribution in [3.05, 3.63) is 231 Å². The normalized spacial score (nSPS) is 11.6. The van der Waals surface area contributed by atoms with Crippen LogP contribution in [0.1, 0.15) is 0 Å². The summed E-state index contributed by atoms with van der Waals surface area (Å²) in [4.78, 5) is 2.37. The van der Waals surface area contributed by atoms with Crippen LogP contribution in [0.4, 0.5) is 17.1 Å². The molecule has 0 aliphatic rings. The average Bonchev–Trinajstić information content (AvgIpc) is 3.88. The summed E-state index contributed by atoms with van der Waals surface area (Å²) < 4.78 is 8.82. The quantitative estimate of drug-likeness (QED) is 0.161. The smallest absolute Gasteiger partial charge is 0.143 e. The van der Waals surface area contributed by atoms with Crippen molar-refractivity contribution in [3.8, 4) is 39.1 Å². The summed E-state index contributed by atoms with van der Waals surface area (Å²) in [5.41, 5.74) is 15.6. The summed E-state index contributed by atoms with van der Waals surface area (Å²) in [6.45, 7) is 0. The monoisotopic (exact) mass is 778 g/mol. The molecule has 12 rings (SSSR count). The van der Waals surface area contributed by atoms with Crippen LogP contribution < -0.4 is 4.90 Å². The van der Waals surface area contributed by atoms with Gasteiger partial charge in [-0.15, -0.1) is 0 Å². The van der Waals surface area contributed by atoms with E-state index < -0.39 is 0 Å². The molecule has 286 valence electrons. The van der Waals surface area contributed by atoms with E-state index in [9.17, 15) is 0 Å². The van der Waals surface area contributed by atoms with Crippen LogP contribution in [0, 0.1) is 0 Å². The molecule has 0 atom stereocenters. The summed E-state index contributed by atoms with van der Waals surface area (Å²) in [5.74, 6) is 0. The lowest BCUT2D eigenvalue weighted by molar-refractivity contribution is 0.670. The third-order valence-corrected chi connectivity index (χ3v) is 12.2. The molecule has 2 heterocycles. The molecule has 0 unspecified atom stereocenters. The Hall–Kier alpha value is -8.14. The predicted molar refractivity (Wildman–Crippen MR) is 257 cm³/mol. The van der Waals surface area contributed by atoms with E-state index in [4.69, 9.17) is 4.42 Å². The van der Waals surface area contributed by atoms with E-state index in [0.717, 1.165) is 55.7 Å². The lowest BCUT2D eigenvalue weighted by Gasteiger charge is -2.27. The minimum absolute atomic E-state index is 0.906. The van der Waals surface area contributed by atoms with Gasteiger partial charge in [-0.3, -0.25) is 0 Å². The molecule has 10 aromatic carbocycles. The van der Waals surface area contributed by atoms with Crippen molar-refractivity contribution >= 4 is 71.6 Å². The Kier molecular flexibility index (Phi) is 8.17. The Labute approximate surface area is 353 Å². The van der Waals surface area contributed by atoms with Gasteiger partial charge in [0.2, 0.25) is 0 Å². The highest BCUT2D eigenvalue weighted by Crippen LogP contribution is 2.42. The molecule has 0 saturated carbocycles. The van der Waals surface area contributed by atoms with Crippen LogP contribution in [0.15, 0.2) is 235 Å². The largest absolute Gasteiger partial charge is 0.455 e. The number of hydrogen-bond donors (Lipinski definition) is 0. The minimum atomic E-state index is 0.906. The maximum Gasteiger partial charge on any atom is 0.143 e. The zero-order valence-electron chi connectivity index (χ0n) is 33.2. The van der Waals surface area contributed by atoms with Gasteiger partial charge in [0.1, 0.15) is 11.2 Å². The Morgan fingerprint density at radius 1 is 0.328 bits per heavy atom. The molecule has 0 spiro atoms. The number of nitrogens with zero attached hydrogens (tertiary/aromatic N) is 2. The van der Waals surface area contributed by atoms with Gasteiger partial charge in [0.25, 0.3) is 0 Å². The fourth-order valence-electron chi connectivity index (χ4n) is 9.34. The highest BCUT2D eigenvalue weighted by atomic mass is 16.3. The predicted octanol–water partition coefficient (Wildman–Crippen LogP) is 16.3. The van der Waals surface area contributed by atoms with E-state index in [1.807, 2.05) is 12.1 Å². The van der Waals surface area contributed by atoms with Gasteiger partial charge in [-0.2, -0.15) is 0 Å². The summed E-state index contributed by atoms with van der Waals surface area (Å²) in [6, 6.07) is 82.8. The van der Waals surface area contributed by atoms with Crippen LogP contribution in [-0.2, 0) is 0 Å². The molecule has 0 fully saturated rings. The number of hydrogen-bond acceptors (Lipinski definition) is 2. The van der Waals surface area contributed by atoms with Crippen LogP contribution in [0.5, 0.6) is 0 Å². The van der Waals surface area contributed by atoms with Crippen LogP contribution in [0.2, 0.25) is 0 Å². The van der Waals surface area contributed by atoms with E-state index in [2.05, 4.69) is 228 Å². The fraction of sp³-hybridized carbons (Fsp3) is 0.